The molecule has 1 saturated heterocycles. The topological polar surface area (TPSA) is 35.5 Å². The highest BCUT2D eigenvalue weighted by molar-refractivity contribution is 5.89. The highest BCUT2D eigenvalue weighted by Gasteiger charge is 2.30. The highest BCUT2D eigenvalue weighted by atomic mass is 16.5. The molecule has 1 fully saturated rings. The molecule has 1 aliphatic heterocycles. The van der Waals surface area contributed by atoms with Gasteiger partial charge in [-0.3, -0.25) is 0 Å². The van der Waals surface area contributed by atoms with Crippen molar-refractivity contribution < 1.29 is 14.3 Å². The molecular formula is C13H20O3. The third kappa shape index (κ3) is 2.39. The van der Waals surface area contributed by atoms with Crippen LogP contribution in [0.4, 0.5) is 0 Å². The van der Waals surface area contributed by atoms with Crippen LogP contribution in [0.1, 0.15) is 45.4 Å². The van der Waals surface area contributed by atoms with Gasteiger partial charge in [-0.1, -0.05) is 12.8 Å². The van der Waals surface area contributed by atoms with Crippen LogP contribution in [0, 0.1) is 5.92 Å². The van der Waals surface area contributed by atoms with E-state index in [0.717, 1.165) is 43.6 Å². The van der Waals surface area contributed by atoms with E-state index in [1.807, 2.05) is 6.92 Å². The van der Waals surface area contributed by atoms with E-state index >= 15 is 0 Å². The van der Waals surface area contributed by atoms with Gasteiger partial charge in [-0.05, 0) is 32.6 Å². The van der Waals surface area contributed by atoms with E-state index in [4.69, 9.17) is 9.47 Å². The number of carbonyl (C=O) groups excluding carboxylic acids is 1. The molecule has 1 atom stereocenters. The van der Waals surface area contributed by atoms with Gasteiger partial charge in [0, 0.05) is 5.92 Å². The maximum Gasteiger partial charge on any atom is 0.337 e. The average Bonchev–Trinajstić information content (AvgIpc) is 2.66. The lowest BCUT2D eigenvalue weighted by Crippen LogP contribution is -2.14. The zero-order chi connectivity index (χ0) is 11.4. The first-order valence-electron chi connectivity index (χ1n) is 6.36. The van der Waals surface area contributed by atoms with Gasteiger partial charge < -0.3 is 9.47 Å². The third-order valence-electron chi connectivity index (χ3n) is 3.39. The van der Waals surface area contributed by atoms with Crippen molar-refractivity contribution in [1.82, 2.24) is 0 Å². The van der Waals surface area contributed by atoms with Crippen LogP contribution in [0.25, 0.3) is 0 Å². The fourth-order valence-corrected chi connectivity index (χ4v) is 2.58. The van der Waals surface area contributed by atoms with Gasteiger partial charge in [0.05, 0.1) is 18.8 Å². The first kappa shape index (κ1) is 11.5. The Morgan fingerprint density at radius 3 is 3.06 bits per heavy atom. The van der Waals surface area contributed by atoms with Gasteiger partial charge in [-0.25, -0.2) is 4.79 Å². The number of ether oxygens (including phenoxy) is 2. The van der Waals surface area contributed by atoms with Gasteiger partial charge in [0.1, 0.15) is 5.76 Å². The Morgan fingerprint density at radius 1 is 1.38 bits per heavy atom. The second-order valence-electron chi connectivity index (χ2n) is 4.50. The fraction of sp³-hybridized carbons (Fsp3) is 0.769. The summed E-state index contributed by atoms with van der Waals surface area (Å²) >= 11 is 0. The molecule has 0 aromatic carbocycles. The Balaban J connectivity index is 2.20. The van der Waals surface area contributed by atoms with Gasteiger partial charge in [-0.2, -0.15) is 0 Å². The van der Waals surface area contributed by atoms with Crippen LogP contribution in [0.15, 0.2) is 11.3 Å². The molecule has 0 aromatic rings. The number of fused-ring (bicyclic) bond motifs is 1. The summed E-state index contributed by atoms with van der Waals surface area (Å²) in [4.78, 5) is 11.8. The second-order valence-corrected chi connectivity index (χ2v) is 4.50. The smallest absolute Gasteiger partial charge is 0.337 e. The second kappa shape index (κ2) is 5.37. The number of rotatable bonds is 2. The van der Waals surface area contributed by atoms with E-state index in [1.165, 1.54) is 12.8 Å². The molecule has 1 unspecified atom stereocenters. The molecule has 0 amide bonds. The maximum atomic E-state index is 11.8. The molecule has 1 heterocycles. The van der Waals surface area contributed by atoms with Crippen molar-refractivity contribution in [2.24, 2.45) is 5.92 Å². The lowest BCUT2D eigenvalue weighted by atomic mass is 9.90. The monoisotopic (exact) mass is 224 g/mol. The molecule has 1 aliphatic carbocycles. The number of carbonyl (C=O) groups is 1. The summed E-state index contributed by atoms with van der Waals surface area (Å²) in [5.74, 6) is 1.25. The summed E-state index contributed by atoms with van der Waals surface area (Å²) in [7, 11) is 0. The summed E-state index contributed by atoms with van der Waals surface area (Å²) in [6, 6.07) is 0. The van der Waals surface area contributed by atoms with E-state index in [9.17, 15) is 4.79 Å². The van der Waals surface area contributed by atoms with Crippen molar-refractivity contribution in [3.63, 3.8) is 0 Å². The maximum absolute atomic E-state index is 11.8. The normalized spacial score (nSPS) is 29.9. The van der Waals surface area contributed by atoms with Crippen LogP contribution in [0.3, 0.4) is 0 Å². The lowest BCUT2D eigenvalue weighted by molar-refractivity contribution is -0.139. The zero-order valence-corrected chi connectivity index (χ0v) is 9.96. The Bertz CT molecular complexity index is 294. The number of hydrogen-bond donors (Lipinski definition) is 0. The first-order valence-corrected chi connectivity index (χ1v) is 6.36. The molecule has 0 bridgehead atoms. The van der Waals surface area contributed by atoms with Crippen molar-refractivity contribution in [2.45, 2.75) is 45.4 Å². The van der Waals surface area contributed by atoms with E-state index in [2.05, 4.69) is 0 Å². The SMILES string of the molecule is CCOC(=O)/C1=C2\OCCC2CCCCC1. The first-order chi connectivity index (χ1) is 7.83. The predicted octanol–water partition coefficient (Wildman–Crippen LogP) is 2.80. The molecule has 3 heteroatoms. The molecule has 0 radical (unpaired) electrons. The minimum atomic E-state index is -0.161. The average molecular weight is 224 g/mol. The summed E-state index contributed by atoms with van der Waals surface area (Å²) in [6.45, 7) is 3.06. The van der Waals surface area contributed by atoms with Gasteiger partial charge in [0.25, 0.3) is 0 Å². The molecule has 2 rings (SSSR count). The van der Waals surface area contributed by atoms with Crippen LogP contribution in [0.5, 0.6) is 0 Å². The molecular weight excluding hydrogens is 204 g/mol. The number of allylic oxidation sites excluding steroid dienone is 1. The Kier molecular flexibility index (Phi) is 3.86. The zero-order valence-electron chi connectivity index (χ0n) is 9.96. The number of esters is 1. The van der Waals surface area contributed by atoms with Crippen LogP contribution in [-0.4, -0.2) is 19.2 Å². The van der Waals surface area contributed by atoms with Crippen LogP contribution < -0.4 is 0 Å². The van der Waals surface area contributed by atoms with Crippen LogP contribution >= 0.6 is 0 Å². The van der Waals surface area contributed by atoms with Gasteiger partial charge in [0.15, 0.2) is 0 Å². The van der Waals surface area contributed by atoms with Crippen molar-refractivity contribution >= 4 is 5.97 Å². The predicted molar refractivity (Wildman–Crippen MR) is 60.8 cm³/mol. The molecule has 90 valence electrons. The van der Waals surface area contributed by atoms with Crippen LogP contribution in [-0.2, 0) is 14.3 Å². The largest absolute Gasteiger partial charge is 0.497 e. The summed E-state index contributed by atoms with van der Waals surface area (Å²) in [6.07, 6.45) is 6.61. The van der Waals surface area contributed by atoms with E-state index in [1.54, 1.807) is 0 Å². The minimum absolute atomic E-state index is 0.161. The molecule has 2 aliphatic rings. The fourth-order valence-electron chi connectivity index (χ4n) is 2.58. The highest BCUT2D eigenvalue weighted by Crippen LogP contribution is 2.35. The summed E-state index contributed by atoms with van der Waals surface area (Å²) < 4.78 is 10.8. The standard InChI is InChI=1S/C13H20O3/c1-2-15-13(14)11-7-5-3-4-6-10-8-9-16-12(10)11/h10H,2-9H2,1H3/b12-11-. The van der Waals surface area contributed by atoms with E-state index in [0.29, 0.717) is 12.5 Å². The quantitative estimate of drug-likeness (QED) is 0.677. The molecule has 0 N–H and O–H groups in total. The van der Waals surface area contributed by atoms with Gasteiger partial charge in [0.2, 0.25) is 0 Å². The summed E-state index contributed by atoms with van der Waals surface area (Å²) in [5.41, 5.74) is 0.809. The van der Waals surface area contributed by atoms with E-state index < -0.39 is 0 Å². The van der Waals surface area contributed by atoms with Crippen molar-refractivity contribution in [3.8, 4) is 0 Å². The van der Waals surface area contributed by atoms with Gasteiger partial charge >= 0.3 is 5.97 Å². The third-order valence-corrected chi connectivity index (χ3v) is 3.39. The Morgan fingerprint density at radius 2 is 2.25 bits per heavy atom. The van der Waals surface area contributed by atoms with Crippen molar-refractivity contribution in [3.05, 3.63) is 11.3 Å². The molecule has 0 aromatic heterocycles. The molecule has 0 spiro atoms. The van der Waals surface area contributed by atoms with E-state index in [-0.39, 0.29) is 5.97 Å². The van der Waals surface area contributed by atoms with Crippen molar-refractivity contribution in [1.29, 1.82) is 0 Å². The van der Waals surface area contributed by atoms with Gasteiger partial charge in [-0.15, -0.1) is 0 Å². The summed E-state index contributed by atoms with van der Waals surface area (Å²) in [5, 5.41) is 0. The molecule has 0 saturated carbocycles. The minimum Gasteiger partial charge on any atom is -0.497 e. The number of hydrogen-bond acceptors (Lipinski definition) is 3. The lowest BCUT2D eigenvalue weighted by Gasteiger charge is -2.18. The van der Waals surface area contributed by atoms with Crippen molar-refractivity contribution in [2.75, 3.05) is 13.2 Å². The Labute approximate surface area is 96.8 Å². The molecule has 16 heavy (non-hydrogen) atoms. The molecule has 3 nitrogen and oxygen atoms in total. The Hall–Kier alpha value is -0.990. The van der Waals surface area contributed by atoms with Crippen LogP contribution in [0.2, 0.25) is 0 Å².